The Morgan fingerprint density at radius 1 is 1.13 bits per heavy atom. The molecule has 7 nitrogen and oxygen atoms in total. The van der Waals surface area contributed by atoms with Crippen molar-refractivity contribution in [3.63, 3.8) is 0 Å². The zero-order chi connectivity index (χ0) is 21.3. The van der Waals surface area contributed by atoms with Gasteiger partial charge in [0, 0.05) is 24.3 Å². The molecule has 2 heterocycles. The van der Waals surface area contributed by atoms with Gasteiger partial charge in [0.15, 0.2) is 0 Å². The molecule has 0 spiro atoms. The second kappa shape index (κ2) is 10.3. The van der Waals surface area contributed by atoms with Crippen LogP contribution >= 0.6 is 0 Å². The highest BCUT2D eigenvalue weighted by molar-refractivity contribution is 6.02. The molecule has 1 amide bonds. The summed E-state index contributed by atoms with van der Waals surface area (Å²) in [7, 11) is 0. The zero-order valence-electron chi connectivity index (χ0n) is 17.0. The Morgan fingerprint density at radius 3 is 2.63 bits per heavy atom. The SMILES string of the molecule is CCCCCCCn1c(=O)c(C(=O)N/N=C/c2ccncc2)c(O)c2ccccc21. The van der Waals surface area contributed by atoms with Crippen LogP contribution in [0.25, 0.3) is 10.9 Å². The number of hydrogen-bond acceptors (Lipinski definition) is 5. The summed E-state index contributed by atoms with van der Waals surface area (Å²) in [6.45, 7) is 2.64. The van der Waals surface area contributed by atoms with Gasteiger partial charge in [-0.2, -0.15) is 5.10 Å². The maximum absolute atomic E-state index is 13.1. The first-order valence-corrected chi connectivity index (χ1v) is 10.2. The number of benzene rings is 1. The van der Waals surface area contributed by atoms with Crippen LogP contribution in [0.4, 0.5) is 0 Å². The molecule has 3 aromatic rings. The predicted molar refractivity (Wildman–Crippen MR) is 118 cm³/mol. The first kappa shape index (κ1) is 21.2. The molecule has 30 heavy (non-hydrogen) atoms. The minimum absolute atomic E-state index is 0.297. The van der Waals surface area contributed by atoms with E-state index in [4.69, 9.17) is 0 Å². The minimum atomic E-state index is -0.742. The molecule has 0 atom stereocenters. The number of rotatable bonds is 9. The average Bonchev–Trinajstić information content (AvgIpc) is 2.76. The fraction of sp³-hybridized carbons (Fsp3) is 0.304. The van der Waals surface area contributed by atoms with Crippen LogP contribution in [-0.2, 0) is 6.54 Å². The molecule has 0 aliphatic carbocycles. The monoisotopic (exact) mass is 406 g/mol. The lowest BCUT2D eigenvalue weighted by atomic mass is 10.1. The summed E-state index contributed by atoms with van der Waals surface area (Å²) in [4.78, 5) is 29.7. The van der Waals surface area contributed by atoms with E-state index in [1.807, 2.05) is 6.07 Å². The molecule has 0 aliphatic heterocycles. The molecule has 0 aliphatic rings. The highest BCUT2D eigenvalue weighted by Crippen LogP contribution is 2.26. The largest absolute Gasteiger partial charge is 0.506 e. The van der Waals surface area contributed by atoms with Crippen LogP contribution in [0.1, 0.15) is 54.9 Å². The van der Waals surface area contributed by atoms with Crippen molar-refractivity contribution in [2.75, 3.05) is 0 Å². The third kappa shape index (κ3) is 4.92. The number of aromatic hydroxyl groups is 1. The minimum Gasteiger partial charge on any atom is -0.506 e. The highest BCUT2D eigenvalue weighted by atomic mass is 16.3. The van der Waals surface area contributed by atoms with Gasteiger partial charge in [-0.25, -0.2) is 5.43 Å². The van der Waals surface area contributed by atoms with Crippen molar-refractivity contribution in [3.8, 4) is 5.75 Å². The fourth-order valence-electron chi connectivity index (χ4n) is 3.36. The number of aromatic nitrogens is 2. The fourth-order valence-corrected chi connectivity index (χ4v) is 3.36. The third-order valence-electron chi connectivity index (χ3n) is 4.94. The van der Waals surface area contributed by atoms with E-state index < -0.39 is 11.5 Å². The number of carbonyl (C=O) groups is 1. The molecule has 1 aromatic carbocycles. The van der Waals surface area contributed by atoms with Gasteiger partial charge in [0.25, 0.3) is 11.5 Å². The smallest absolute Gasteiger partial charge is 0.280 e. The number of para-hydroxylation sites is 1. The van der Waals surface area contributed by atoms with Gasteiger partial charge >= 0.3 is 0 Å². The summed E-state index contributed by atoms with van der Waals surface area (Å²) in [5.74, 6) is -1.07. The molecule has 0 saturated heterocycles. The topological polar surface area (TPSA) is 96.6 Å². The standard InChI is InChI=1S/C23H26N4O3/c1-2-3-4-5-8-15-27-19-10-7-6-9-18(19)21(28)20(23(27)30)22(29)26-25-16-17-11-13-24-14-12-17/h6-7,9-14,16,28H,2-5,8,15H2,1H3,(H,26,29)/b25-16+. The number of nitrogens with one attached hydrogen (secondary N) is 1. The Bertz CT molecular complexity index is 1090. The molecule has 2 N–H and O–H groups in total. The summed E-state index contributed by atoms with van der Waals surface area (Å²) in [5.41, 5.74) is 2.89. The summed E-state index contributed by atoms with van der Waals surface area (Å²) in [6, 6.07) is 10.5. The predicted octanol–water partition coefficient (Wildman–Crippen LogP) is 3.84. The van der Waals surface area contributed by atoms with Gasteiger partial charge in [-0.3, -0.25) is 14.6 Å². The first-order chi connectivity index (χ1) is 14.6. The van der Waals surface area contributed by atoms with Crippen molar-refractivity contribution in [2.24, 2.45) is 5.10 Å². The number of hydrazone groups is 1. The molecule has 0 fully saturated rings. The van der Waals surface area contributed by atoms with Gasteiger partial charge in [0.1, 0.15) is 11.3 Å². The molecule has 0 bridgehead atoms. The number of nitrogens with zero attached hydrogens (tertiary/aromatic N) is 3. The molecule has 0 saturated carbocycles. The second-order valence-corrected chi connectivity index (χ2v) is 7.09. The number of fused-ring (bicyclic) bond motifs is 1. The van der Waals surface area contributed by atoms with E-state index >= 15 is 0 Å². The third-order valence-corrected chi connectivity index (χ3v) is 4.94. The van der Waals surface area contributed by atoms with Gasteiger partial charge in [0.2, 0.25) is 0 Å². The molecule has 3 rings (SSSR count). The Balaban J connectivity index is 1.88. The lowest BCUT2D eigenvalue weighted by Crippen LogP contribution is -2.31. The Labute approximate surface area is 175 Å². The number of amides is 1. The van der Waals surface area contributed by atoms with Crippen LogP contribution in [0.3, 0.4) is 0 Å². The quantitative estimate of drug-likeness (QED) is 0.321. The van der Waals surface area contributed by atoms with Crippen molar-refractivity contribution in [1.29, 1.82) is 0 Å². The molecule has 156 valence electrons. The van der Waals surface area contributed by atoms with Crippen molar-refractivity contribution in [1.82, 2.24) is 15.0 Å². The highest BCUT2D eigenvalue weighted by Gasteiger charge is 2.21. The zero-order valence-corrected chi connectivity index (χ0v) is 17.0. The molecule has 7 heteroatoms. The van der Waals surface area contributed by atoms with Gasteiger partial charge in [0.05, 0.1) is 11.7 Å². The molecule has 0 unspecified atom stereocenters. The number of pyridine rings is 2. The summed E-state index contributed by atoms with van der Waals surface area (Å²) in [5, 5.41) is 15.0. The summed E-state index contributed by atoms with van der Waals surface area (Å²) < 4.78 is 1.57. The Hall–Kier alpha value is -3.48. The van der Waals surface area contributed by atoms with Crippen molar-refractivity contribution < 1.29 is 9.90 Å². The van der Waals surface area contributed by atoms with Gasteiger partial charge in [-0.1, -0.05) is 44.7 Å². The van der Waals surface area contributed by atoms with Gasteiger partial charge in [-0.15, -0.1) is 0 Å². The second-order valence-electron chi connectivity index (χ2n) is 7.09. The summed E-state index contributed by atoms with van der Waals surface area (Å²) in [6.07, 6.45) is 9.92. The molecule has 0 radical (unpaired) electrons. The van der Waals surface area contributed by atoms with E-state index in [9.17, 15) is 14.7 Å². The number of hydrogen-bond donors (Lipinski definition) is 2. The Kier molecular flexibility index (Phi) is 7.32. The van der Waals surface area contributed by atoms with Crippen molar-refractivity contribution in [3.05, 3.63) is 70.3 Å². The van der Waals surface area contributed by atoms with Crippen LogP contribution in [0.15, 0.2) is 58.7 Å². The average molecular weight is 406 g/mol. The van der Waals surface area contributed by atoms with E-state index in [1.54, 1.807) is 47.3 Å². The van der Waals surface area contributed by atoms with Crippen molar-refractivity contribution >= 4 is 23.0 Å². The van der Waals surface area contributed by atoms with Gasteiger partial charge < -0.3 is 9.67 Å². The van der Waals surface area contributed by atoms with E-state index in [0.717, 1.165) is 37.7 Å². The van der Waals surface area contributed by atoms with Crippen LogP contribution in [0.5, 0.6) is 5.75 Å². The van der Waals surface area contributed by atoms with Crippen LogP contribution in [-0.4, -0.2) is 26.8 Å². The van der Waals surface area contributed by atoms with Gasteiger partial charge in [-0.05, 0) is 36.2 Å². The van der Waals surface area contributed by atoms with E-state index in [1.165, 1.54) is 6.21 Å². The van der Waals surface area contributed by atoms with E-state index in [0.29, 0.717) is 17.4 Å². The maximum Gasteiger partial charge on any atom is 0.280 e. The molecule has 2 aromatic heterocycles. The first-order valence-electron chi connectivity index (χ1n) is 10.2. The maximum atomic E-state index is 13.1. The van der Waals surface area contributed by atoms with E-state index in [-0.39, 0.29) is 11.3 Å². The lowest BCUT2D eigenvalue weighted by molar-refractivity contribution is 0.0950. The molecular formula is C23H26N4O3. The number of unbranched alkanes of at least 4 members (excludes halogenated alkanes) is 4. The van der Waals surface area contributed by atoms with Crippen LogP contribution in [0.2, 0.25) is 0 Å². The van der Waals surface area contributed by atoms with Crippen molar-refractivity contribution in [2.45, 2.75) is 45.6 Å². The summed E-state index contributed by atoms with van der Waals surface area (Å²) >= 11 is 0. The number of carbonyl (C=O) groups excluding carboxylic acids is 1. The van der Waals surface area contributed by atoms with Crippen LogP contribution in [0, 0.1) is 0 Å². The Morgan fingerprint density at radius 2 is 1.87 bits per heavy atom. The van der Waals surface area contributed by atoms with Crippen LogP contribution < -0.4 is 11.0 Å². The van der Waals surface area contributed by atoms with E-state index in [2.05, 4.69) is 22.4 Å². The number of aryl methyl sites for hydroxylation is 1. The normalized spacial score (nSPS) is 11.2. The lowest BCUT2D eigenvalue weighted by Gasteiger charge is -2.14. The molecular weight excluding hydrogens is 380 g/mol.